The molecule has 0 N–H and O–H groups in total. The van der Waals surface area contributed by atoms with Gasteiger partial charge in [-0.2, -0.15) is 4.31 Å². The van der Waals surface area contributed by atoms with Gasteiger partial charge in [-0.15, -0.1) is 11.3 Å². The highest BCUT2D eigenvalue weighted by Gasteiger charge is 2.30. The van der Waals surface area contributed by atoms with Gasteiger partial charge in [0.15, 0.2) is 5.76 Å². The Labute approximate surface area is 174 Å². The van der Waals surface area contributed by atoms with Gasteiger partial charge in [0.05, 0.1) is 17.7 Å². The summed E-state index contributed by atoms with van der Waals surface area (Å²) in [5, 5.41) is 3.96. The van der Waals surface area contributed by atoms with E-state index in [0.717, 1.165) is 27.6 Å². The first kappa shape index (κ1) is 19.9. The van der Waals surface area contributed by atoms with Crippen LogP contribution in [0.15, 0.2) is 45.1 Å². The Morgan fingerprint density at radius 3 is 2.52 bits per heavy atom. The maximum absolute atomic E-state index is 13.1. The predicted octanol–water partition coefficient (Wildman–Crippen LogP) is 3.54. The third kappa shape index (κ3) is 3.77. The fourth-order valence-electron chi connectivity index (χ4n) is 3.35. The summed E-state index contributed by atoms with van der Waals surface area (Å²) < 4.78 is 38.8. The summed E-state index contributed by atoms with van der Waals surface area (Å²) >= 11 is 1.22. The number of hydrogen-bond acceptors (Lipinski definition) is 7. The van der Waals surface area contributed by atoms with E-state index in [1.165, 1.54) is 11.3 Å². The number of piperazine rings is 1. The van der Waals surface area contributed by atoms with Crippen LogP contribution < -0.4 is 9.64 Å². The fraction of sp³-hybridized carbons (Fsp3) is 0.350. The van der Waals surface area contributed by atoms with Crippen LogP contribution >= 0.6 is 11.3 Å². The molecule has 0 amide bonds. The van der Waals surface area contributed by atoms with E-state index < -0.39 is 10.0 Å². The zero-order valence-electron chi connectivity index (χ0n) is 16.6. The number of sulfonamides is 1. The molecule has 2 aromatic heterocycles. The average Bonchev–Trinajstić information content (AvgIpc) is 3.36. The van der Waals surface area contributed by atoms with Gasteiger partial charge in [-0.25, -0.2) is 8.42 Å². The summed E-state index contributed by atoms with van der Waals surface area (Å²) in [4.78, 5) is 2.95. The van der Waals surface area contributed by atoms with Gasteiger partial charge in [0.2, 0.25) is 0 Å². The molecule has 29 heavy (non-hydrogen) atoms. The van der Waals surface area contributed by atoms with E-state index >= 15 is 0 Å². The third-order valence-electron chi connectivity index (χ3n) is 5.21. The quantitative estimate of drug-likeness (QED) is 0.613. The van der Waals surface area contributed by atoms with Crippen molar-refractivity contribution in [2.24, 2.45) is 0 Å². The number of hydrogen-bond donors (Lipinski definition) is 0. The molecule has 0 spiro atoms. The monoisotopic (exact) mass is 433 g/mol. The number of anilines is 1. The molecule has 0 bridgehead atoms. The second-order valence-corrected chi connectivity index (χ2v) is 10.2. The van der Waals surface area contributed by atoms with E-state index in [1.807, 2.05) is 38.1 Å². The Bertz CT molecular complexity index is 1110. The maximum Gasteiger partial charge on any atom is 0.252 e. The molecule has 154 valence electrons. The second-order valence-electron chi connectivity index (χ2n) is 6.93. The van der Waals surface area contributed by atoms with Crippen LogP contribution in [0.3, 0.4) is 0 Å². The number of rotatable bonds is 5. The highest BCUT2D eigenvalue weighted by molar-refractivity contribution is 7.91. The second kappa shape index (κ2) is 7.81. The molecule has 1 aliphatic rings. The molecule has 0 saturated carbocycles. The van der Waals surface area contributed by atoms with Crippen molar-refractivity contribution in [3.8, 4) is 16.4 Å². The zero-order valence-corrected chi connectivity index (χ0v) is 18.2. The van der Waals surface area contributed by atoms with Gasteiger partial charge in [0.1, 0.15) is 9.96 Å². The predicted molar refractivity (Wildman–Crippen MR) is 113 cm³/mol. The van der Waals surface area contributed by atoms with Crippen LogP contribution in [-0.4, -0.2) is 51.2 Å². The molecule has 1 aliphatic heterocycles. The number of aromatic nitrogens is 1. The smallest absolute Gasteiger partial charge is 0.252 e. The molecular formula is C20H23N3O4S2. The van der Waals surface area contributed by atoms with Gasteiger partial charge in [-0.3, -0.25) is 0 Å². The van der Waals surface area contributed by atoms with Crippen molar-refractivity contribution in [1.82, 2.24) is 9.46 Å². The lowest BCUT2D eigenvalue weighted by molar-refractivity contribution is 0.385. The van der Waals surface area contributed by atoms with Crippen LogP contribution in [0.1, 0.15) is 11.3 Å². The van der Waals surface area contributed by atoms with Crippen molar-refractivity contribution in [3.63, 3.8) is 0 Å². The molecule has 0 aliphatic carbocycles. The van der Waals surface area contributed by atoms with Gasteiger partial charge in [-0.05, 0) is 38.1 Å². The van der Waals surface area contributed by atoms with Gasteiger partial charge >= 0.3 is 0 Å². The molecule has 4 rings (SSSR count). The summed E-state index contributed by atoms with van der Waals surface area (Å²) in [5.74, 6) is 1.43. The topological polar surface area (TPSA) is 75.9 Å². The van der Waals surface area contributed by atoms with Gasteiger partial charge in [-0.1, -0.05) is 11.2 Å². The molecule has 1 aromatic carbocycles. The molecular weight excluding hydrogens is 410 g/mol. The summed E-state index contributed by atoms with van der Waals surface area (Å²) in [6.07, 6.45) is 0. The van der Waals surface area contributed by atoms with E-state index in [2.05, 4.69) is 10.1 Å². The van der Waals surface area contributed by atoms with Crippen LogP contribution in [0.5, 0.6) is 5.75 Å². The highest BCUT2D eigenvalue weighted by Crippen LogP contribution is 2.35. The molecule has 7 nitrogen and oxygen atoms in total. The van der Waals surface area contributed by atoms with Crippen molar-refractivity contribution in [1.29, 1.82) is 0 Å². The molecule has 0 radical (unpaired) electrons. The third-order valence-corrected chi connectivity index (χ3v) is 8.66. The number of ether oxygens (including phenoxy) is 1. The van der Waals surface area contributed by atoms with Gasteiger partial charge < -0.3 is 14.2 Å². The average molecular weight is 434 g/mol. The zero-order chi connectivity index (χ0) is 20.6. The molecule has 1 fully saturated rings. The first-order valence-corrected chi connectivity index (χ1v) is 11.6. The van der Waals surface area contributed by atoms with Crippen LogP contribution in [0, 0.1) is 13.8 Å². The van der Waals surface area contributed by atoms with Crippen LogP contribution in [0.25, 0.3) is 10.6 Å². The SMILES string of the molecule is COc1cccc(N2CCN(S(=O)(=O)c3ccc(-c4onc(C)c4C)s3)CC2)c1. The van der Waals surface area contributed by atoms with Crippen molar-refractivity contribution in [3.05, 3.63) is 47.7 Å². The largest absolute Gasteiger partial charge is 0.497 e. The Hall–Kier alpha value is -2.36. The first-order chi connectivity index (χ1) is 13.9. The molecule has 1 saturated heterocycles. The molecule has 9 heteroatoms. The van der Waals surface area contributed by atoms with Crippen LogP contribution in [-0.2, 0) is 10.0 Å². The Morgan fingerprint density at radius 2 is 1.86 bits per heavy atom. The number of aryl methyl sites for hydroxylation is 1. The molecule has 0 unspecified atom stereocenters. The summed E-state index contributed by atoms with van der Waals surface area (Å²) in [6, 6.07) is 11.3. The standard InChI is InChI=1S/C20H23N3O4S2/c1-14-15(2)21-27-20(14)18-7-8-19(28-18)29(24,25)23-11-9-22(10-12-23)16-5-4-6-17(13-16)26-3/h4-8,13H,9-12H2,1-3H3. The summed E-state index contributed by atoms with van der Waals surface area (Å²) in [5.41, 5.74) is 2.78. The minimum Gasteiger partial charge on any atom is -0.497 e. The normalized spacial score (nSPS) is 15.6. The van der Waals surface area contributed by atoms with Gasteiger partial charge in [0.25, 0.3) is 10.0 Å². The summed E-state index contributed by atoms with van der Waals surface area (Å²) in [6.45, 7) is 5.93. The lowest BCUT2D eigenvalue weighted by Crippen LogP contribution is -2.48. The van der Waals surface area contributed by atoms with Crippen LogP contribution in [0.2, 0.25) is 0 Å². The van der Waals surface area contributed by atoms with Crippen LogP contribution in [0.4, 0.5) is 5.69 Å². The van der Waals surface area contributed by atoms with Crippen molar-refractivity contribution in [2.45, 2.75) is 18.1 Å². The number of benzene rings is 1. The number of methoxy groups -OCH3 is 1. The minimum absolute atomic E-state index is 0.329. The van der Waals surface area contributed by atoms with E-state index in [-0.39, 0.29) is 0 Å². The lowest BCUT2D eigenvalue weighted by atomic mass is 10.2. The minimum atomic E-state index is -3.54. The summed E-state index contributed by atoms with van der Waals surface area (Å²) in [7, 11) is -1.90. The molecule has 3 aromatic rings. The van der Waals surface area contributed by atoms with Crippen molar-refractivity contribution < 1.29 is 17.7 Å². The van der Waals surface area contributed by atoms with Crippen molar-refractivity contribution >= 4 is 27.0 Å². The number of thiophene rings is 1. The van der Waals surface area contributed by atoms with E-state index in [1.54, 1.807) is 23.5 Å². The first-order valence-electron chi connectivity index (χ1n) is 9.32. The molecule has 0 atom stereocenters. The Morgan fingerprint density at radius 1 is 1.10 bits per heavy atom. The fourth-order valence-corrected chi connectivity index (χ4v) is 6.26. The Balaban J connectivity index is 1.49. The van der Waals surface area contributed by atoms with Gasteiger partial charge in [0, 0.05) is 43.5 Å². The van der Waals surface area contributed by atoms with E-state index in [9.17, 15) is 8.42 Å². The number of nitrogens with zero attached hydrogens (tertiary/aromatic N) is 3. The highest BCUT2D eigenvalue weighted by atomic mass is 32.2. The van der Waals surface area contributed by atoms with E-state index in [4.69, 9.17) is 9.26 Å². The van der Waals surface area contributed by atoms with Crippen molar-refractivity contribution in [2.75, 3.05) is 38.2 Å². The maximum atomic E-state index is 13.1. The molecule has 3 heterocycles. The lowest BCUT2D eigenvalue weighted by Gasteiger charge is -2.35. The van der Waals surface area contributed by atoms with E-state index in [0.29, 0.717) is 36.1 Å². The Kier molecular flexibility index (Phi) is 5.37.